The second-order valence-corrected chi connectivity index (χ2v) is 5.07. The zero-order valence-electron chi connectivity index (χ0n) is 11.4. The van der Waals surface area contributed by atoms with Crippen LogP contribution in [0.15, 0.2) is 12.4 Å². The molecule has 0 unspecified atom stereocenters. The molecule has 8 heteroatoms. The third kappa shape index (κ3) is 3.16. The van der Waals surface area contributed by atoms with Crippen LogP contribution in [-0.2, 0) is 0 Å². The first-order chi connectivity index (χ1) is 9.49. The molecular weight excluding hydrogens is 282 g/mol. The van der Waals surface area contributed by atoms with Crippen molar-refractivity contribution in [3.63, 3.8) is 0 Å². The molecule has 0 aromatic carbocycles. The molecule has 1 aromatic heterocycles. The Morgan fingerprint density at radius 3 is 2.30 bits per heavy atom. The van der Waals surface area contributed by atoms with Crippen LogP contribution in [0.3, 0.4) is 0 Å². The van der Waals surface area contributed by atoms with Crippen LogP contribution in [-0.4, -0.2) is 76.9 Å². The van der Waals surface area contributed by atoms with Crippen LogP contribution in [0.1, 0.15) is 10.5 Å². The third-order valence-electron chi connectivity index (χ3n) is 3.04. The van der Waals surface area contributed by atoms with Gasteiger partial charge >= 0.3 is 6.03 Å². The summed E-state index contributed by atoms with van der Waals surface area (Å²) in [5.74, 6) is -0.211. The van der Waals surface area contributed by atoms with Crippen molar-refractivity contribution < 1.29 is 9.59 Å². The molecule has 0 aliphatic carbocycles. The van der Waals surface area contributed by atoms with Gasteiger partial charge in [0.15, 0.2) is 0 Å². The second kappa shape index (κ2) is 6.04. The molecule has 0 atom stereocenters. The number of aromatic nitrogens is 2. The molecule has 3 amide bonds. The van der Waals surface area contributed by atoms with E-state index in [2.05, 4.69) is 9.97 Å². The fraction of sp³-hybridized carbons (Fsp3) is 0.500. The number of rotatable bonds is 1. The van der Waals surface area contributed by atoms with E-state index in [-0.39, 0.29) is 22.8 Å². The summed E-state index contributed by atoms with van der Waals surface area (Å²) < 4.78 is 0. The van der Waals surface area contributed by atoms with Crippen molar-refractivity contribution >= 4 is 23.5 Å². The molecule has 0 radical (unpaired) electrons. The van der Waals surface area contributed by atoms with Crippen molar-refractivity contribution in [2.24, 2.45) is 0 Å². The molecule has 2 heterocycles. The molecule has 0 spiro atoms. The molecule has 7 nitrogen and oxygen atoms in total. The predicted octanol–water partition coefficient (Wildman–Crippen LogP) is 0.569. The van der Waals surface area contributed by atoms with Crippen LogP contribution in [0.4, 0.5) is 4.79 Å². The van der Waals surface area contributed by atoms with Gasteiger partial charge in [0.1, 0.15) is 10.8 Å². The Labute approximate surface area is 122 Å². The van der Waals surface area contributed by atoms with E-state index >= 15 is 0 Å². The summed E-state index contributed by atoms with van der Waals surface area (Å²) >= 11 is 5.72. The normalized spacial score (nSPS) is 15.2. The van der Waals surface area contributed by atoms with Gasteiger partial charge in [0.25, 0.3) is 5.91 Å². The molecule has 0 N–H and O–H groups in total. The van der Waals surface area contributed by atoms with E-state index in [1.54, 1.807) is 23.9 Å². The van der Waals surface area contributed by atoms with Crippen LogP contribution >= 0.6 is 11.6 Å². The van der Waals surface area contributed by atoms with Crippen LogP contribution in [0.5, 0.6) is 0 Å². The molecule has 1 fully saturated rings. The average molecular weight is 298 g/mol. The maximum Gasteiger partial charge on any atom is 0.319 e. The summed E-state index contributed by atoms with van der Waals surface area (Å²) in [5, 5.41) is 0.192. The van der Waals surface area contributed by atoms with Crippen LogP contribution in [0.25, 0.3) is 0 Å². The molecule has 2 rings (SSSR count). The van der Waals surface area contributed by atoms with Crippen molar-refractivity contribution in [1.29, 1.82) is 0 Å². The topological polar surface area (TPSA) is 69.6 Å². The van der Waals surface area contributed by atoms with Gasteiger partial charge in [-0.3, -0.25) is 9.78 Å². The standard InChI is InChI=1S/C12H16ClN5O2/c1-16(2)12(20)18-5-3-17(4-6-18)11(19)9-7-14-8-10(13)15-9/h7-8H,3-6H2,1-2H3. The number of hydrogen-bond donors (Lipinski definition) is 0. The minimum atomic E-state index is -0.211. The lowest BCUT2D eigenvalue weighted by Gasteiger charge is -2.35. The molecule has 20 heavy (non-hydrogen) atoms. The number of carbonyl (C=O) groups is 2. The van der Waals surface area contributed by atoms with Gasteiger partial charge in [-0.05, 0) is 0 Å². The van der Waals surface area contributed by atoms with Crippen molar-refractivity contribution in [2.75, 3.05) is 40.3 Å². The average Bonchev–Trinajstić information content (AvgIpc) is 2.46. The van der Waals surface area contributed by atoms with E-state index in [1.165, 1.54) is 17.3 Å². The first-order valence-corrected chi connectivity index (χ1v) is 6.60. The zero-order valence-corrected chi connectivity index (χ0v) is 12.2. The van der Waals surface area contributed by atoms with Crippen molar-refractivity contribution in [3.05, 3.63) is 23.2 Å². The molecular formula is C12H16ClN5O2. The van der Waals surface area contributed by atoms with Crippen molar-refractivity contribution in [3.8, 4) is 0 Å². The molecule has 1 aliphatic heterocycles. The Balaban J connectivity index is 1.97. The quantitative estimate of drug-likeness (QED) is 0.760. The Kier molecular flexibility index (Phi) is 4.39. The lowest BCUT2D eigenvalue weighted by Crippen LogP contribution is -2.53. The first-order valence-electron chi connectivity index (χ1n) is 6.22. The van der Waals surface area contributed by atoms with Crippen molar-refractivity contribution in [2.45, 2.75) is 0 Å². The molecule has 0 bridgehead atoms. The van der Waals surface area contributed by atoms with Gasteiger partial charge in [-0.1, -0.05) is 11.6 Å². The number of carbonyl (C=O) groups excluding carboxylic acids is 2. The van der Waals surface area contributed by atoms with Gasteiger partial charge in [-0.25, -0.2) is 9.78 Å². The third-order valence-corrected chi connectivity index (χ3v) is 3.23. The largest absolute Gasteiger partial charge is 0.334 e. The summed E-state index contributed by atoms with van der Waals surface area (Å²) in [4.78, 5) is 36.7. The number of hydrogen-bond acceptors (Lipinski definition) is 4. The zero-order chi connectivity index (χ0) is 14.7. The summed E-state index contributed by atoms with van der Waals surface area (Å²) in [6, 6.07) is -0.0420. The molecule has 1 aromatic rings. The SMILES string of the molecule is CN(C)C(=O)N1CCN(C(=O)c2cncc(Cl)n2)CC1. The summed E-state index contributed by atoms with van der Waals surface area (Å²) in [7, 11) is 3.42. The van der Waals surface area contributed by atoms with E-state index < -0.39 is 0 Å². The lowest BCUT2D eigenvalue weighted by atomic mass is 10.3. The molecule has 0 saturated carbocycles. The second-order valence-electron chi connectivity index (χ2n) is 4.68. The van der Waals surface area contributed by atoms with Crippen LogP contribution in [0, 0.1) is 0 Å². The predicted molar refractivity (Wildman–Crippen MR) is 73.6 cm³/mol. The summed E-state index contributed by atoms with van der Waals surface area (Å²) in [5.41, 5.74) is 0.227. The van der Waals surface area contributed by atoms with Gasteiger partial charge in [-0.15, -0.1) is 0 Å². The van der Waals surface area contributed by atoms with E-state index in [4.69, 9.17) is 11.6 Å². The number of urea groups is 1. The number of nitrogens with zero attached hydrogens (tertiary/aromatic N) is 5. The molecule has 108 valence electrons. The molecule has 1 saturated heterocycles. The number of halogens is 1. The van der Waals surface area contributed by atoms with E-state index in [0.29, 0.717) is 26.2 Å². The minimum absolute atomic E-state index is 0.0420. The van der Waals surface area contributed by atoms with Gasteiger partial charge < -0.3 is 14.7 Å². The van der Waals surface area contributed by atoms with Crippen LogP contribution < -0.4 is 0 Å². The highest BCUT2D eigenvalue weighted by atomic mass is 35.5. The van der Waals surface area contributed by atoms with E-state index in [9.17, 15) is 9.59 Å². The van der Waals surface area contributed by atoms with E-state index in [1.807, 2.05) is 0 Å². The highest BCUT2D eigenvalue weighted by Gasteiger charge is 2.26. The Morgan fingerprint density at radius 2 is 1.75 bits per heavy atom. The molecule has 1 aliphatic rings. The Bertz CT molecular complexity index is 514. The van der Waals surface area contributed by atoms with Gasteiger partial charge in [0.05, 0.1) is 12.4 Å². The van der Waals surface area contributed by atoms with Gasteiger partial charge in [-0.2, -0.15) is 0 Å². The number of piperazine rings is 1. The number of amides is 3. The Morgan fingerprint density at radius 1 is 1.15 bits per heavy atom. The smallest absolute Gasteiger partial charge is 0.319 e. The first kappa shape index (κ1) is 14.5. The highest BCUT2D eigenvalue weighted by molar-refractivity contribution is 6.29. The van der Waals surface area contributed by atoms with Gasteiger partial charge in [0.2, 0.25) is 0 Å². The maximum atomic E-state index is 12.2. The fourth-order valence-electron chi connectivity index (χ4n) is 1.99. The monoisotopic (exact) mass is 297 g/mol. The van der Waals surface area contributed by atoms with Gasteiger partial charge in [0, 0.05) is 40.3 Å². The van der Waals surface area contributed by atoms with Crippen LogP contribution in [0.2, 0.25) is 5.15 Å². The van der Waals surface area contributed by atoms with Crippen molar-refractivity contribution in [1.82, 2.24) is 24.7 Å². The highest BCUT2D eigenvalue weighted by Crippen LogP contribution is 2.09. The van der Waals surface area contributed by atoms with E-state index in [0.717, 1.165) is 0 Å². The summed E-state index contributed by atoms with van der Waals surface area (Å²) in [6.07, 6.45) is 2.78. The Hall–Kier alpha value is -1.89. The summed E-state index contributed by atoms with van der Waals surface area (Å²) in [6.45, 7) is 1.98. The lowest BCUT2D eigenvalue weighted by molar-refractivity contribution is 0.0644. The maximum absolute atomic E-state index is 12.2. The fourth-order valence-corrected chi connectivity index (χ4v) is 2.14. The minimum Gasteiger partial charge on any atom is -0.334 e.